The van der Waals surface area contributed by atoms with E-state index < -0.39 is 6.10 Å². The summed E-state index contributed by atoms with van der Waals surface area (Å²) in [5.41, 5.74) is 1.31. The Morgan fingerprint density at radius 2 is 1.96 bits per heavy atom. The lowest BCUT2D eigenvalue weighted by molar-refractivity contribution is 0.0940. The molecule has 2 amide bonds. The van der Waals surface area contributed by atoms with Crippen LogP contribution in [0.3, 0.4) is 0 Å². The van der Waals surface area contributed by atoms with E-state index in [0.29, 0.717) is 6.04 Å². The van der Waals surface area contributed by atoms with Crippen molar-refractivity contribution < 1.29 is 9.90 Å². The maximum absolute atomic E-state index is 12.2. The predicted octanol–water partition coefficient (Wildman–Crippen LogP) is 2.25. The normalized spacial score (nSPS) is 30.9. The number of rotatable bonds is 4. The van der Waals surface area contributed by atoms with Gasteiger partial charge in [-0.1, -0.05) is 43.2 Å². The zero-order valence-corrected chi connectivity index (χ0v) is 14.4. The van der Waals surface area contributed by atoms with Gasteiger partial charge in [-0.15, -0.1) is 0 Å². The molecule has 1 saturated heterocycles. The number of nitrogens with zero attached hydrogens (tertiary/aromatic N) is 1. The smallest absolute Gasteiger partial charge is 0.315 e. The topological polar surface area (TPSA) is 64.6 Å². The molecule has 0 aromatic heterocycles. The fourth-order valence-corrected chi connectivity index (χ4v) is 3.92. The van der Waals surface area contributed by atoms with Crippen LogP contribution >= 0.6 is 0 Å². The van der Waals surface area contributed by atoms with Gasteiger partial charge in [-0.2, -0.15) is 0 Å². The molecule has 5 heteroatoms. The number of amides is 2. The van der Waals surface area contributed by atoms with Crippen molar-refractivity contribution in [3.63, 3.8) is 0 Å². The second kappa shape index (κ2) is 7.99. The molecule has 3 rings (SSSR count). The number of hydrogen-bond donors (Lipinski definition) is 3. The summed E-state index contributed by atoms with van der Waals surface area (Å²) in [7, 11) is 0. The summed E-state index contributed by atoms with van der Waals surface area (Å²) in [4.78, 5) is 14.6. The summed E-state index contributed by atoms with van der Waals surface area (Å²) >= 11 is 0. The molecule has 1 saturated carbocycles. The number of aliphatic hydroxyl groups excluding tert-OH is 1. The monoisotopic (exact) mass is 331 g/mol. The molecule has 3 N–H and O–H groups in total. The standard InChI is InChI=1S/C19H29N3O2/c1-14-11-16(13-22(14)12-15-7-3-2-4-8-15)20-19(24)21-17-9-5-6-10-18(17)23/h2-4,7-8,14,16-18,23H,5-6,9-13H2,1H3,(H2,20,21,24). The van der Waals surface area contributed by atoms with Crippen molar-refractivity contribution in [3.8, 4) is 0 Å². The number of urea groups is 1. The molecule has 0 radical (unpaired) electrons. The van der Waals surface area contributed by atoms with Gasteiger partial charge in [0.25, 0.3) is 0 Å². The van der Waals surface area contributed by atoms with Gasteiger partial charge in [-0.05, 0) is 31.7 Å². The molecule has 1 aliphatic carbocycles. The van der Waals surface area contributed by atoms with Crippen molar-refractivity contribution in [2.45, 2.75) is 69.8 Å². The van der Waals surface area contributed by atoms with E-state index in [2.05, 4.69) is 46.7 Å². The van der Waals surface area contributed by atoms with E-state index in [1.54, 1.807) is 0 Å². The Kier molecular flexibility index (Phi) is 5.74. The Bertz CT molecular complexity index is 537. The van der Waals surface area contributed by atoms with Crippen LogP contribution in [0.5, 0.6) is 0 Å². The lowest BCUT2D eigenvalue weighted by Gasteiger charge is -2.29. The second-order valence-electron chi connectivity index (χ2n) is 7.27. The molecular formula is C19H29N3O2. The van der Waals surface area contributed by atoms with Crippen LogP contribution < -0.4 is 10.6 Å². The van der Waals surface area contributed by atoms with Crippen molar-refractivity contribution in [1.82, 2.24) is 15.5 Å². The SMILES string of the molecule is CC1CC(NC(=O)NC2CCCCC2O)CN1Cc1ccccc1. The third-order valence-corrected chi connectivity index (χ3v) is 5.31. The number of benzene rings is 1. The molecule has 1 heterocycles. The Morgan fingerprint density at radius 1 is 1.21 bits per heavy atom. The minimum absolute atomic E-state index is 0.0991. The third kappa shape index (κ3) is 4.48. The predicted molar refractivity (Wildman–Crippen MR) is 94.6 cm³/mol. The summed E-state index contributed by atoms with van der Waals surface area (Å²) < 4.78 is 0. The Labute approximate surface area is 144 Å². The Hall–Kier alpha value is -1.59. The summed E-state index contributed by atoms with van der Waals surface area (Å²) in [6.07, 6.45) is 4.35. The summed E-state index contributed by atoms with van der Waals surface area (Å²) in [6.45, 7) is 4.01. The average molecular weight is 331 g/mol. The van der Waals surface area contributed by atoms with Crippen LogP contribution in [0.2, 0.25) is 0 Å². The molecule has 1 aromatic carbocycles. The minimum atomic E-state index is -0.401. The van der Waals surface area contributed by atoms with Gasteiger partial charge in [-0.3, -0.25) is 4.90 Å². The first-order valence-electron chi connectivity index (χ1n) is 9.15. The minimum Gasteiger partial charge on any atom is -0.391 e. The van der Waals surface area contributed by atoms with E-state index in [-0.39, 0.29) is 18.1 Å². The number of carbonyl (C=O) groups is 1. The second-order valence-corrected chi connectivity index (χ2v) is 7.27. The lowest BCUT2D eigenvalue weighted by Crippen LogP contribution is -2.51. The molecule has 2 aliphatic rings. The highest BCUT2D eigenvalue weighted by Gasteiger charge is 2.31. The molecule has 1 aliphatic heterocycles. The van der Waals surface area contributed by atoms with Crippen molar-refractivity contribution in [2.75, 3.05) is 6.54 Å². The van der Waals surface area contributed by atoms with Gasteiger partial charge >= 0.3 is 6.03 Å². The molecule has 4 atom stereocenters. The maximum atomic E-state index is 12.2. The Balaban J connectivity index is 1.47. The molecule has 132 valence electrons. The zero-order chi connectivity index (χ0) is 16.9. The number of hydrogen-bond acceptors (Lipinski definition) is 3. The van der Waals surface area contributed by atoms with E-state index in [1.165, 1.54) is 5.56 Å². The average Bonchev–Trinajstić information content (AvgIpc) is 2.90. The summed E-state index contributed by atoms with van der Waals surface area (Å²) in [5.74, 6) is 0. The maximum Gasteiger partial charge on any atom is 0.315 e. The first-order chi connectivity index (χ1) is 11.6. The first-order valence-corrected chi connectivity index (χ1v) is 9.15. The van der Waals surface area contributed by atoms with Gasteiger partial charge < -0.3 is 15.7 Å². The molecule has 1 aromatic rings. The van der Waals surface area contributed by atoms with E-state index >= 15 is 0 Å². The van der Waals surface area contributed by atoms with E-state index in [9.17, 15) is 9.90 Å². The molecule has 0 spiro atoms. The van der Waals surface area contributed by atoms with Crippen LogP contribution in [0.25, 0.3) is 0 Å². The van der Waals surface area contributed by atoms with Crippen LogP contribution in [0, 0.1) is 0 Å². The van der Waals surface area contributed by atoms with Crippen LogP contribution in [-0.2, 0) is 6.54 Å². The Morgan fingerprint density at radius 3 is 2.71 bits per heavy atom. The van der Waals surface area contributed by atoms with Crippen molar-refractivity contribution in [1.29, 1.82) is 0 Å². The number of aliphatic hydroxyl groups is 1. The van der Waals surface area contributed by atoms with Gasteiger partial charge in [0.2, 0.25) is 0 Å². The van der Waals surface area contributed by atoms with Crippen molar-refractivity contribution in [2.24, 2.45) is 0 Å². The molecule has 2 fully saturated rings. The highest BCUT2D eigenvalue weighted by atomic mass is 16.3. The fraction of sp³-hybridized carbons (Fsp3) is 0.632. The first kappa shape index (κ1) is 17.2. The third-order valence-electron chi connectivity index (χ3n) is 5.31. The molecule has 4 unspecified atom stereocenters. The van der Waals surface area contributed by atoms with Gasteiger partial charge in [0.1, 0.15) is 0 Å². The molecule has 24 heavy (non-hydrogen) atoms. The zero-order valence-electron chi connectivity index (χ0n) is 14.4. The molecule has 0 bridgehead atoms. The lowest BCUT2D eigenvalue weighted by atomic mass is 9.93. The quantitative estimate of drug-likeness (QED) is 0.793. The molecule has 5 nitrogen and oxygen atoms in total. The van der Waals surface area contributed by atoms with Crippen LogP contribution in [0.1, 0.15) is 44.6 Å². The van der Waals surface area contributed by atoms with Gasteiger partial charge in [0, 0.05) is 25.2 Å². The van der Waals surface area contributed by atoms with Gasteiger partial charge in [0.15, 0.2) is 0 Å². The highest BCUT2D eigenvalue weighted by Crippen LogP contribution is 2.21. The van der Waals surface area contributed by atoms with E-state index in [0.717, 1.165) is 45.2 Å². The number of likely N-dealkylation sites (tertiary alicyclic amines) is 1. The van der Waals surface area contributed by atoms with E-state index in [4.69, 9.17) is 0 Å². The van der Waals surface area contributed by atoms with Crippen LogP contribution in [-0.4, -0.2) is 46.8 Å². The summed E-state index contributed by atoms with van der Waals surface area (Å²) in [5, 5.41) is 16.0. The summed E-state index contributed by atoms with van der Waals surface area (Å²) in [6, 6.07) is 10.8. The highest BCUT2D eigenvalue weighted by molar-refractivity contribution is 5.74. The van der Waals surface area contributed by atoms with E-state index in [1.807, 2.05) is 6.07 Å². The number of nitrogens with one attached hydrogen (secondary N) is 2. The van der Waals surface area contributed by atoms with Crippen molar-refractivity contribution >= 4 is 6.03 Å². The largest absolute Gasteiger partial charge is 0.391 e. The van der Waals surface area contributed by atoms with Gasteiger partial charge in [0.05, 0.1) is 12.1 Å². The number of carbonyl (C=O) groups excluding carboxylic acids is 1. The van der Waals surface area contributed by atoms with Gasteiger partial charge in [-0.25, -0.2) is 4.79 Å². The fourth-order valence-electron chi connectivity index (χ4n) is 3.92. The molecular weight excluding hydrogens is 302 g/mol. The van der Waals surface area contributed by atoms with Crippen molar-refractivity contribution in [3.05, 3.63) is 35.9 Å². The van der Waals surface area contributed by atoms with Crippen LogP contribution in [0.15, 0.2) is 30.3 Å². The van der Waals surface area contributed by atoms with Crippen LogP contribution in [0.4, 0.5) is 4.79 Å².